The van der Waals surface area contributed by atoms with Crippen LogP contribution in [0.15, 0.2) is 58.3 Å². The van der Waals surface area contributed by atoms with E-state index >= 15 is 0 Å². The second-order valence-corrected chi connectivity index (χ2v) is 8.84. The Morgan fingerprint density at radius 2 is 1.80 bits per heavy atom. The zero-order valence-electron chi connectivity index (χ0n) is 17.0. The first-order valence-electron chi connectivity index (χ1n) is 9.37. The number of likely N-dealkylation sites (N-methyl/N-ethyl adjacent to an activating group) is 1. The number of rotatable bonds is 7. The zero-order valence-corrected chi connectivity index (χ0v) is 19.4. The number of H-pyrrole nitrogens is 1. The fourth-order valence-electron chi connectivity index (χ4n) is 2.89. The molecule has 2 amide bonds. The van der Waals surface area contributed by atoms with Gasteiger partial charge in [0.05, 0.1) is 24.2 Å². The summed E-state index contributed by atoms with van der Waals surface area (Å²) in [4.78, 5) is 33.8. The molecular weight excluding hydrogens is 464 g/mol. The Morgan fingerprint density at radius 3 is 2.47 bits per heavy atom. The molecule has 0 radical (unpaired) electrons. The van der Waals surface area contributed by atoms with Gasteiger partial charge >= 0.3 is 0 Å². The van der Waals surface area contributed by atoms with Gasteiger partial charge in [0.15, 0.2) is 5.16 Å². The molecule has 0 aliphatic heterocycles. The average molecular weight is 487 g/mol. The van der Waals surface area contributed by atoms with Gasteiger partial charge in [-0.2, -0.15) is 0 Å². The Kier molecular flexibility index (Phi) is 7.33. The molecule has 0 saturated heterocycles. The Hall–Kier alpha value is -2.58. The molecule has 2 N–H and O–H groups in total. The molecule has 0 bridgehead atoms. The summed E-state index contributed by atoms with van der Waals surface area (Å²) in [6.45, 7) is 3.88. The number of aromatic amines is 1. The lowest BCUT2D eigenvalue weighted by Gasteiger charge is -2.17. The van der Waals surface area contributed by atoms with Crippen molar-refractivity contribution in [1.82, 2.24) is 14.9 Å². The van der Waals surface area contributed by atoms with Crippen LogP contribution in [-0.2, 0) is 9.59 Å². The van der Waals surface area contributed by atoms with Crippen molar-refractivity contribution >= 4 is 45.2 Å². The van der Waals surface area contributed by atoms with Crippen LogP contribution in [0.3, 0.4) is 0 Å². The maximum absolute atomic E-state index is 12.4. The molecular formula is C22H23BrN4O2S. The number of nitrogens with one attached hydrogen (secondary N) is 2. The third kappa shape index (κ3) is 5.73. The van der Waals surface area contributed by atoms with Gasteiger partial charge in [-0.25, -0.2) is 4.98 Å². The van der Waals surface area contributed by atoms with Gasteiger partial charge in [0.2, 0.25) is 11.8 Å². The molecule has 156 valence electrons. The number of thioether (sulfide) groups is 1. The van der Waals surface area contributed by atoms with Gasteiger partial charge in [0.25, 0.3) is 0 Å². The van der Waals surface area contributed by atoms with Gasteiger partial charge in [-0.15, -0.1) is 0 Å². The van der Waals surface area contributed by atoms with Crippen molar-refractivity contribution in [2.24, 2.45) is 0 Å². The summed E-state index contributed by atoms with van der Waals surface area (Å²) >= 11 is 4.73. The average Bonchev–Trinajstić information content (AvgIpc) is 3.18. The van der Waals surface area contributed by atoms with Gasteiger partial charge < -0.3 is 15.2 Å². The van der Waals surface area contributed by atoms with Crippen LogP contribution >= 0.6 is 27.7 Å². The summed E-state index contributed by atoms with van der Waals surface area (Å²) in [7, 11) is 1.63. The monoisotopic (exact) mass is 486 g/mol. The molecule has 0 atom stereocenters. The van der Waals surface area contributed by atoms with Gasteiger partial charge in [-0.05, 0) is 42.7 Å². The highest BCUT2D eigenvalue weighted by atomic mass is 79.9. The Bertz CT molecular complexity index is 1030. The van der Waals surface area contributed by atoms with Gasteiger partial charge in [-0.1, -0.05) is 58.0 Å². The summed E-state index contributed by atoms with van der Waals surface area (Å²) in [5.41, 5.74) is 4.69. The van der Waals surface area contributed by atoms with Crippen LogP contribution in [-0.4, -0.2) is 46.0 Å². The normalized spacial score (nSPS) is 10.7. The highest BCUT2D eigenvalue weighted by molar-refractivity contribution is 9.10. The number of aromatic nitrogens is 2. The number of hydrogen-bond donors (Lipinski definition) is 2. The summed E-state index contributed by atoms with van der Waals surface area (Å²) < 4.78 is 1.01. The Balaban J connectivity index is 1.51. The second kappa shape index (κ2) is 9.95. The maximum atomic E-state index is 12.4. The summed E-state index contributed by atoms with van der Waals surface area (Å²) in [5.74, 6) is -0.164. The third-order valence-corrected chi connectivity index (χ3v) is 5.99. The van der Waals surface area contributed by atoms with Crippen LogP contribution in [0.25, 0.3) is 11.3 Å². The maximum Gasteiger partial charge on any atom is 0.243 e. The zero-order chi connectivity index (χ0) is 21.7. The number of anilines is 1. The first-order valence-corrected chi connectivity index (χ1v) is 11.1. The van der Waals surface area contributed by atoms with Crippen LogP contribution in [0, 0.1) is 13.8 Å². The number of halogens is 1. The molecule has 0 unspecified atom stereocenters. The minimum absolute atomic E-state index is 0.00450. The van der Waals surface area contributed by atoms with E-state index in [0.717, 1.165) is 32.5 Å². The summed E-state index contributed by atoms with van der Waals surface area (Å²) in [6.07, 6.45) is 1.75. The van der Waals surface area contributed by atoms with Crippen LogP contribution in [0.2, 0.25) is 0 Å². The fourth-order valence-corrected chi connectivity index (χ4v) is 3.94. The Morgan fingerprint density at radius 1 is 1.13 bits per heavy atom. The molecule has 3 aromatic rings. The van der Waals surface area contributed by atoms with Crippen molar-refractivity contribution in [3.05, 3.63) is 64.3 Å². The first kappa shape index (κ1) is 22.1. The summed E-state index contributed by atoms with van der Waals surface area (Å²) in [5, 5.41) is 3.56. The number of amides is 2. The van der Waals surface area contributed by atoms with Crippen LogP contribution in [0.4, 0.5) is 5.69 Å². The first-order chi connectivity index (χ1) is 14.3. The van der Waals surface area contributed by atoms with Crippen LogP contribution in [0.1, 0.15) is 11.1 Å². The number of carbonyl (C=O) groups excluding carboxylic acids is 2. The molecule has 30 heavy (non-hydrogen) atoms. The van der Waals surface area contributed by atoms with E-state index in [4.69, 9.17) is 0 Å². The number of para-hydroxylation sites is 1. The van der Waals surface area contributed by atoms with E-state index in [0.29, 0.717) is 5.16 Å². The van der Waals surface area contributed by atoms with Crippen molar-refractivity contribution in [3.63, 3.8) is 0 Å². The Labute approximate surface area is 188 Å². The van der Waals surface area contributed by atoms with Crippen molar-refractivity contribution in [2.45, 2.75) is 19.0 Å². The molecule has 1 aromatic heterocycles. The minimum atomic E-state index is -0.219. The molecule has 1 heterocycles. The molecule has 8 heteroatoms. The van der Waals surface area contributed by atoms with E-state index in [-0.39, 0.29) is 24.1 Å². The van der Waals surface area contributed by atoms with Crippen molar-refractivity contribution < 1.29 is 9.59 Å². The van der Waals surface area contributed by atoms with E-state index in [2.05, 4.69) is 31.2 Å². The fraction of sp³-hybridized carbons (Fsp3) is 0.227. The van der Waals surface area contributed by atoms with Crippen molar-refractivity contribution in [3.8, 4) is 11.3 Å². The topological polar surface area (TPSA) is 78.1 Å². The van der Waals surface area contributed by atoms with Crippen LogP contribution < -0.4 is 5.32 Å². The predicted octanol–water partition coefficient (Wildman–Crippen LogP) is 4.65. The van der Waals surface area contributed by atoms with Crippen molar-refractivity contribution in [1.29, 1.82) is 0 Å². The number of aryl methyl sites for hydroxylation is 2. The summed E-state index contributed by atoms with van der Waals surface area (Å²) in [6, 6.07) is 13.7. The molecule has 6 nitrogen and oxygen atoms in total. The second-order valence-electron chi connectivity index (χ2n) is 6.96. The van der Waals surface area contributed by atoms with Gasteiger partial charge in [0.1, 0.15) is 0 Å². The lowest BCUT2D eigenvalue weighted by Crippen LogP contribution is -2.36. The van der Waals surface area contributed by atoms with E-state index in [1.165, 1.54) is 16.7 Å². The number of imidazole rings is 1. The quantitative estimate of drug-likeness (QED) is 0.476. The lowest BCUT2D eigenvalue weighted by molar-refractivity contribution is -0.131. The highest BCUT2D eigenvalue weighted by Crippen LogP contribution is 2.23. The molecule has 0 saturated carbocycles. The van der Waals surface area contributed by atoms with E-state index in [9.17, 15) is 9.59 Å². The lowest BCUT2D eigenvalue weighted by atomic mass is 10.1. The molecule has 0 spiro atoms. The smallest absolute Gasteiger partial charge is 0.243 e. The number of carbonyl (C=O) groups is 2. The molecule has 0 aliphatic rings. The number of benzene rings is 2. The van der Waals surface area contributed by atoms with E-state index < -0.39 is 0 Å². The van der Waals surface area contributed by atoms with Crippen molar-refractivity contribution in [2.75, 3.05) is 24.7 Å². The van der Waals surface area contributed by atoms with E-state index in [1.54, 1.807) is 13.2 Å². The third-order valence-electron chi connectivity index (χ3n) is 4.59. The van der Waals surface area contributed by atoms with E-state index in [1.807, 2.05) is 56.3 Å². The van der Waals surface area contributed by atoms with Crippen LogP contribution in [0.5, 0.6) is 0 Å². The minimum Gasteiger partial charge on any atom is -0.336 e. The number of hydrogen-bond acceptors (Lipinski definition) is 4. The highest BCUT2D eigenvalue weighted by Gasteiger charge is 2.15. The SMILES string of the molecule is Cc1cccc(C)c1NC(=O)CN(C)C(=O)CSc1ncc(-c2ccc(Br)cc2)[nH]1. The molecule has 3 rings (SSSR count). The standard InChI is InChI=1S/C22H23BrN4O2S/c1-14-5-4-6-15(2)21(14)26-19(28)12-27(3)20(29)13-30-22-24-11-18(25-22)16-7-9-17(23)10-8-16/h4-11H,12-13H2,1-3H3,(H,24,25)(H,26,28). The molecule has 0 fully saturated rings. The largest absolute Gasteiger partial charge is 0.336 e. The molecule has 0 aliphatic carbocycles. The van der Waals surface area contributed by atoms with Gasteiger partial charge in [0, 0.05) is 17.2 Å². The predicted molar refractivity (Wildman–Crippen MR) is 125 cm³/mol. The van der Waals surface area contributed by atoms with Gasteiger partial charge in [-0.3, -0.25) is 9.59 Å². The number of nitrogens with zero attached hydrogens (tertiary/aromatic N) is 2. The molecule has 2 aromatic carbocycles.